The third-order valence-electron chi connectivity index (χ3n) is 5.03. The smallest absolute Gasteiger partial charge is 0.0610 e. The Morgan fingerprint density at radius 1 is 1.29 bits per heavy atom. The molecular weight excluding hydrogens is 212 g/mol. The van der Waals surface area contributed by atoms with Gasteiger partial charge in [0.05, 0.1) is 6.61 Å². The van der Waals surface area contributed by atoms with Crippen LogP contribution < -0.4 is 5.32 Å². The van der Waals surface area contributed by atoms with Crippen molar-refractivity contribution in [1.29, 1.82) is 0 Å². The van der Waals surface area contributed by atoms with E-state index in [1.807, 2.05) is 7.05 Å². The van der Waals surface area contributed by atoms with Crippen molar-refractivity contribution < 1.29 is 5.11 Å². The van der Waals surface area contributed by atoms with E-state index in [0.29, 0.717) is 0 Å². The predicted molar refractivity (Wildman–Crippen MR) is 71.1 cm³/mol. The molecule has 3 atom stereocenters. The second-order valence-electron chi connectivity index (χ2n) is 6.16. The standard InChI is InChI=1S/C14H28N2O/c1-14(11-17,15-2)8-10-16-9-7-12-5-3-4-6-13(12)16/h12-13,15,17H,3-11H2,1-2H3. The van der Waals surface area contributed by atoms with E-state index in [-0.39, 0.29) is 12.1 Å². The SMILES string of the molecule is CNC(C)(CO)CCN1CCC2CCCCC21. The molecule has 3 heteroatoms. The Morgan fingerprint density at radius 2 is 2.06 bits per heavy atom. The topological polar surface area (TPSA) is 35.5 Å². The molecule has 2 aliphatic rings. The molecular formula is C14H28N2O. The number of fused-ring (bicyclic) bond motifs is 1. The van der Waals surface area contributed by atoms with Crippen LogP contribution in [0.4, 0.5) is 0 Å². The first-order chi connectivity index (χ1) is 8.18. The number of aliphatic hydroxyl groups is 1. The molecule has 2 rings (SSSR count). The molecule has 0 aromatic carbocycles. The van der Waals surface area contributed by atoms with Gasteiger partial charge in [-0.2, -0.15) is 0 Å². The van der Waals surface area contributed by atoms with Crippen LogP contribution in [0.25, 0.3) is 0 Å². The quantitative estimate of drug-likeness (QED) is 0.766. The molecule has 0 aromatic rings. The van der Waals surface area contributed by atoms with Crippen LogP contribution in [0.15, 0.2) is 0 Å². The van der Waals surface area contributed by atoms with E-state index >= 15 is 0 Å². The number of hydrogen-bond acceptors (Lipinski definition) is 3. The highest BCUT2D eigenvalue weighted by Gasteiger charge is 2.36. The Labute approximate surface area is 106 Å². The van der Waals surface area contributed by atoms with Crippen molar-refractivity contribution in [3.8, 4) is 0 Å². The van der Waals surface area contributed by atoms with Gasteiger partial charge in [-0.25, -0.2) is 0 Å². The van der Waals surface area contributed by atoms with Gasteiger partial charge in [-0.05, 0) is 52.1 Å². The zero-order valence-corrected chi connectivity index (χ0v) is 11.4. The molecule has 1 heterocycles. The van der Waals surface area contributed by atoms with Gasteiger partial charge in [0.2, 0.25) is 0 Å². The van der Waals surface area contributed by atoms with Gasteiger partial charge in [0, 0.05) is 18.1 Å². The maximum Gasteiger partial charge on any atom is 0.0610 e. The van der Waals surface area contributed by atoms with Gasteiger partial charge in [0.1, 0.15) is 0 Å². The predicted octanol–water partition coefficient (Wildman–Crippen LogP) is 1.61. The highest BCUT2D eigenvalue weighted by atomic mass is 16.3. The zero-order valence-electron chi connectivity index (χ0n) is 11.4. The summed E-state index contributed by atoms with van der Waals surface area (Å²) >= 11 is 0. The summed E-state index contributed by atoms with van der Waals surface area (Å²) in [6.07, 6.45) is 8.16. The summed E-state index contributed by atoms with van der Waals surface area (Å²) < 4.78 is 0. The summed E-state index contributed by atoms with van der Waals surface area (Å²) in [6, 6.07) is 0.851. The van der Waals surface area contributed by atoms with Crippen LogP contribution in [-0.4, -0.2) is 48.3 Å². The van der Waals surface area contributed by atoms with Gasteiger partial charge in [0.15, 0.2) is 0 Å². The van der Waals surface area contributed by atoms with Gasteiger partial charge in [0.25, 0.3) is 0 Å². The first-order valence-corrected chi connectivity index (χ1v) is 7.22. The summed E-state index contributed by atoms with van der Waals surface area (Å²) in [6.45, 7) is 4.76. The minimum Gasteiger partial charge on any atom is -0.394 e. The van der Waals surface area contributed by atoms with Crippen molar-refractivity contribution >= 4 is 0 Å². The van der Waals surface area contributed by atoms with Gasteiger partial charge < -0.3 is 15.3 Å². The molecule has 2 N–H and O–H groups in total. The van der Waals surface area contributed by atoms with Crippen LogP contribution in [-0.2, 0) is 0 Å². The fourth-order valence-corrected chi connectivity index (χ4v) is 3.45. The number of nitrogens with zero attached hydrogens (tertiary/aromatic N) is 1. The Bertz CT molecular complexity index is 240. The largest absolute Gasteiger partial charge is 0.394 e. The molecule has 0 aromatic heterocycles. The third kappa shape index (κ3) is 3.01. The first kappa shape index (κ1) is 13.3. The summed E-state index contributed by atoms with van der Waals surface area (Å²) in [5.74, 6) is 0.971. The van der Waals surface area contributed by atoms with Crippen LogP contribution in [0.1, 0.15) is 45.4 Å². The van der Waals surface area contributed by atoms with E-state index in [2.05, 4.69) is 17.1 Å². The fraction of sp³-hybridized carbons (Fsp3) is 1.00. The van der Waals surface area contributed by atoms with Crippen molar-refractivity contribution in [2.75, 3.05) is 26.7 Å². The second-order valence-corrected chi connectivity index (χ2v) is 6.16. The van der Waals surface area contributed by atoms with Crippen molar-refractivity contribution in [1.82, 2.24) is 10.2 Å². The minimum absolute atomic E-state index is 0.104. The molecule has 2 fully saturated rings. The second kappa shape index (κ2) is 5.68. The van der Waals surface area contributed by atoms with Gasteiger partial charge >= 0.3 is 0 Å². The Hall–Kier alpha value is -0.120. The average molecular weight is 240 g/mol. The molecule has 0 amide bonds. The molecule has 0 bridgehead atoms. The number of nitrogens with one attached hydrogen (secondary N) is 1. The van der Waals surface area contributed by atoms with Crippen molar-refractivity contribution in [3.63, 3.8) is 0 Å². The molecule has 0 radical (unpaired) electrons. The first-order valence-electron chi connectivity index (χ1n) is 7.22. The Morgan fingerprint density at radius 3 is 2.76 bits per heavy atom. The van der Waals surface area contributed by atoms with Crippen LogP contribution in [0.2, 0.25) is 0 Å². The van der Waals surface area contributed by atoms with E-state index in [1.165, 1.54) is 38.6 Å². The van der Waals surface area contributed by atoms with Crippen molar-refractivity contribution in [2.45, 2.75) is 57.0 Å². The third-order valence-corrected chi connectivity index (χ3v) is 5.03. The molecule has 1 saturated heterocycles. The van der Waals surface area contributed by atoms with Gasteiger partial charge in [-0.15, -0.1) is 0 Å². The lowest BCUT2D eigenvalue weighted by molar-refractivity contribution is 0.132. The van der Waals surface area contributed by atoms with Crippen molar-refractivity contribution in [3.05, 3.63) is 0 Å². The lowest BCUT2D eigenvalue weighted by atomic mass is 9.85. The normalized spacial score (nSPS) is 33.4. The maximum atomic E-state index is 9.41. The molecule has 0 spiro atoms. The summed E-state index contributed by atoms with van der Waals surface area (Å²) in [7, 11) is 1.95. The molecule has 3 unspecified atom stereocenters. The van der Waals surface area contributed by atoms with E-state index in [0.717, 1.165) is 24.9 Å². The number of hydrogen-bond donors (Lipinski definition) is 2. The van der Waals surface area contributed by atoms with Gasteiger partial charge in [-0.1, -0.05) is 12.8 Å². The molecule has 1 aliphatic carbocycles. The lowest BCUT2D eigenvalue weighted by Crippen LogP contribution is -2.47. The number of likely N-dealkylation sites (tertiary alicyclic amines) is 1. The van der Waals surface area contributed by atoms with E-state index in [1.54, 1.807) is 0 Å². The van der Waals surface area contributed by atoms with Gasteiger partial charge in [-0.3, -0.25) is 0 Å². The molecule has 1 saturated carbocycles. The molecule has 3 nitrogen and oxygen atoms in total. The lowest BCUT2D eigenvalue weighted by Gasteiger charge is -2.34. The number of likely N-dealkylation sites (N-methyl/N-ethyl adjacent to an activating group) is 1. The Kier molecular flexibility index (Phi) is 4.45. The monoisotopic (exact) mass is 240 g/mol. The van der Waals surface area contributed by atoms with Crippen LogP contribution in [0.5, 0.6) is 0 Å². The number of aliphatic hydroxyl groups excluding tert-OH is 1. The van der Waals surface area contributed by atoms with E-state index in [9.17, 15) is 5.11 Å². The fourth-order valence-electron chi connectivity index (χ4n) is 3.45. The zero-order chi connectivity index (χ0) is 12.3. The average Bonchev–Trinajstić information content (AvgIpc) is 2.79. The highest BCUT2D eigenvalue weighted by molar-refractivity contribution is 4.91. The van der Waals surface area contributed by atoms with E-state index in [4.69, 9.17) is 0 Å². The molecule has 17 heavy (non-hydrogen) atoms. The molecule has 1 aliphatic heterocycles. The van der Waals surface area contributed by atoms with E-state index < -0.39 is 0 Å². The van der Waals surface area contributed by atoms with Crippen LogP contribution >= 0.6 is 0 Å². The highest BCUT2D eigenvalue weighted by Crippen LogP contribution is 2.36. The number of rotatable bonds is 5. The Balaban J connectivity index is 1.83. The maximum absolute atomic E-state index is 9.41. The van der Waals surface area contributed by atoms with Crippen LogP contribution in [0.3, 0.4) is 0 Å². The van der Waals surface area contributed by atoms with Crippen LogP contribution in [0, 0.1) is 5.92 Å². The minimum atomic E-state index is -0.104. The summed E-state index contributed by atoms with van der Waals surface area (Å²) in [5.41, 5.74) is -0.104. The van der Waals surface area contributed by atoms with Crippen molar-refractivity contribution in [2.24, 2.45) is 5.92 Å². The summed E-state index contributed by atoms with van der Waals surface area (Å²) in [5, 5.41) is 12.7. The molecule has 100 valence electrons. The summed E-state index contributed by atoms with van der Waals surface area (Å²) in [4.78, 5) is 2.68.